The Morgan fingerprint density at radius 1 is 1.35 bits per heavy atom. The fourth-order valence-electron chi connectivity index (χ4n) is 3.33. The summed E-state index contributed by atoms with van der Waals surface area (Å²) in [6, 6.07) is 5.80. The van der Waals surface area contributed by atoms with E-state index in [1.165, 1.54) is 19.2 Å². The smallest absolute Gasteiger partial charge is 0.322 e. The number of nitrogens with one attached hydrogen (secondary N) is 2. The first-order chi connectivity index (χ1) is 12.3. The molecule has 0 bridgehead atoms. The van der Waals surface area contributed by atoms with Crippen molar-refractivity contribution in [2.45, 2.75) is 37.6 Å². The second kappa shape index (κ2) is 7.08. The number of carbonyl (C=O) groups excluding carboxylic acids is 1. The molecule has 0 saturated carbocycles. The summed E-state index contributed by atoms with van der Waals surface area (Å²) in [4.78, 5) is 14.6. The van der Waals surface area contributed by atoms with Crippen LogP contribution in [0.4, 0.5) is 10.5 Å². The quantitative estimate of drug-likeness (QED) is 0.851. The molecule has 2 heterocycles. The van der Waals surface area contributed by atoms with Gasteiger partial charge < -0.3 is 14.7 Å². The van der Waals surface area contributed by atoms with E-state index in [0.717, 1.165) is 24.1 Å². The van der Waals surface area contributed by atoms with E-state index in [-0.39, 0.29) is 17.0 Å². The van der Waals surface area contributed by atoms with Crippen LogP contribution in [0.15, 0.2) is 33.7 Å². The normalized spacial score (nSPS) is 17.5. The molecule has 3 rings (SSSR count). The number of rotatable bonds is 4. The first kappa shape index (κ1) is 18.4. The molecule has 26 heavy (non-hydrogen) atoms. The van der Waals surface area contributed by atoms with Crippen molar-refractivity contribution in [1.29, 1.82) is 0 Å². The lowest BCUT2D eigenvalue weighted by atomic mass is 10.0. The first-order valence-electron chi connectivity index (χ1n) is 8.37. The molecule has 1 fully saturated rings. The van der Waals surface area contributed by atoms with Gasteiger partial charge in [0.15, 0.2) is 0 Å². The van der Waals surface area contributed by atoms with Gasteiger partial charge in [-0.25, -0.2) is 17.9 Å². The maximum absolute atomic E-state index is 12.8. The van der Waals surface area contributed by atoms with Gasteiger partial charge in [-0.05, 0) is 51.9 Å². The Labute approximate surface area is 152 Å². The molecule has 0 aliphatic carbocycles. The minimum Gasteiger partial charge on any atom is -0.361 e. The molecular weight excluding hydrogens is 356 g/mol. The predicted octanol–water partition coefficient (Wildman–Crippen LogP) is 2.57. The molecule has 9 heteroatoms. The van der Waals surface area contributed by atoms with Gasteiger partial charge in [0.05, 0.1) is 16.6 Å². The Hall–Kier alpha value is -2.39. The van der Waals surface area contributed by atoms with E-state index in [0.29, 0.717) is 18.0 Å². The van der Waals surface area contributed by atoms with Gasteiger partial charge in [0, 0.05) is 17.8 Å². The number of benzene rings is 1. The van der Waals surface area contributed by atoms with Crippen molar-refractivity contribution in [3.8, 4) is 0 Å². The lowest BCUT2D eigenvalue weighted by Gasteiger charge is -2.25. The molecule has 1 aliphatic heterocycles. The molecular formula is C17H22N4O4S. The summed E-state index contributed by atoms with van der Waals surface area (Å²) in [5, 5.41) is 6.77. The van der Waals surface area contributed by atoms with Crippen molar-refractivity contribution < 1.29 is 17.7 Å². The van der Waals surface area contributed by atoms with Crippen LogP contribution in [0.2, 0.25) is 0 Å². The zero-order valence-corrected chi connectivity index (χ0v) is 15.8. The van der Waals surface area contributed by atoms with Gasteiger partial charge in [-0.3, -0.25) is 0 Å². The molecule has 1 aliphatic rings. The Morgan fingerprint density at radius 2 is 2.12 bits per heavy atom. The van der Waals surface area contributed by atoms with E-state index in [1.807, 2.05) is 13.8 Å². The predicted molar refractivity (Wildman–Crippen MR) is 96.4 cm³/mol. The van der Waals surface area contributed by atoms with Gasteiger partial charge in [-0.1, -0.05) is 11.2 Å². The lowest BCUT2D eigenvalue weighted by molar-refractivity contribution is 0.206. The topological polar surface area (TPSA) is 105 Å². The van der Waals surface area contributed by atoms with Gasteiger partial charge in [-0.15, -0.1) is 0 Å². The number of hydrogen-bond donors (Lipinski definition) is 2. The molecule has 140 valence electrons. The van der Waals surface area contributed by atoms with Gasteiger partial charge in [0.1, 0.15) is 5.76 Å². The van der Waals surface area contributed by atoms with Crippen molar-refractivity contribution in [2.24, 2.45) is 0 Å². The fraction of sp³-hybridized carbons (Fsp3) is 0.412. The van der Waals surface area contributed by atoms with Crippen LogP contribution >= 0.6 is 0 Å². The van der Waals surface area contributed by atoms with Gasteiger partial charge in [0.25, 0.3) is 0 Å². The number of carbonyl (C=O) groups is 1. The molecule has 0 radical (unpaired) electrons. The van der Waals surface area contributed by atoms with Crippen LogP contribution in [0.5, 0.6) is 0 Å². The van der Waals surface area contributed by atoms with Gasteiger partial charge >= 0.3 is 6.03 Å². The summed E-state index contributed by atoms with van der Waals surface area (Å²) < 4.78 is 31.4. The Morgan fingerprint density at radius 3 is 2.77 bits per heavy atom. The van der Waals surface area contributed by atoms with E-state index in [1.54, 1.807) is 17.0 Å². The van der Waals surface area contributed by atoms with E-state index < -0.39 is 10.0 Å². The van der Waals surface area contributed by atoms with Crippen LogP contribution in [0.3, 0.4) is 0 Å². The zero-order valence-electron chi connectivity index (χ0n) is 14.9. The number of aromatic nitrogens is 1. The molecule has 0 spiro atoms. The standard InChI is InChI=1S/C17H22N4O4S/c1-11-16(12(2)25-20-11)15-8-5-9-21(15)17(22)19-13-6-4-7-14(10-13)26(23,24)18-3/h4,6-7,10,15,18H,5,8-9H2,1-3H3,(H,19,22). The average molecular weight is 378 g/mol. The lowest BCUT2D eigenvalue weighted by Crippen LogP contribution is -2.34. The monoisotopic (exact) mass is 378 g/mol. The van der Waals surface area contributed by atoms with Crippen LogP contribution < -0.4 is 10.0 Å². The molecule has 1 aromatic heterocycles. The average Bonchev–Trinajstić information content (AvgIpc) is 3.21. The van der Waals surface area contributed by atoms with Gasteiger partial charge in [0.2, 0.25) is 10.0 Å². The zero-order chi connectivity index (χ0) is 18.9. The molecule has 2 N–H and O–H groups in total. The number of amides is 2. The van der Waals surface area contributed by atoms with Crippen LogP contribution in [0.25, 0.3) is 0 Å². The van der Waals surface area contributed by atoms with Crippen LogP contribution in [-0.4, -0.2) is 38.1 Å². The molecule has 1 saturated heterocycles. The summed E-state index contributed by atoms with van der Waals surface area (Å²) >= 11 is 0. The molecule has 1 atom stereocenters. The summed E-state index contributed by atoms with van der Waals surface area (Å²) in [6.07, 6.45) is 1.72. The number of hydrogen-bond acceptors (Lipinski definition) is 5. The molecule has 2 amide bonds. The highest BCUT2D eigenvalue weighted by Crippen LogP contribution is 2.35. The summed E-state index contributed by atoms with van der Waals surface area (Å²) in [7, 11) is -2.22. The number of aryl methyl sites for hydroxylation is 2. The summed E-state index contributed by atoms with van der Waals surface area (Å²) in [5.74, 6) is 0.717. The van der Waals surface area contributed by atoms with Crippen molar-refractivity contribution in [3.63, 3.8) is 0 Å². The number of nitrogens with zero attached hydrogens (tertiary/aromatic N) is 2. The van der Waals surface area contributed by atoms with E-state index >= 15 is 0 Å². The van der Waals surface area contributed by atoms with Crippen molar-refractivity contribution in [1.82, 2.24) is 14.8 Å². The maximum atomic E-state index is 12.8. The highest BCUT2D eigenvalue weighted by Gasteiger charge is 2.34. The van der Waals surface area contributed by atoms with E-state index in [9.17, 15) is 13.2 Å². The number of urea groups is 1. The van der Waals surface area contributed by atoms with Gasteiger partial charge in [-0.2, -0.15) is 0 Å². The summed E-state index contributed by atoms with van der Waals surface area (Å²) in [6.45, 7) is 4.33. The Kier molecular flexibility index (Phi) is 5.01. The minimum absolute atomic E-state index is 0.0922. The summed E-state index contributed by atoms with van der Waals surface area (Å²) in [5.41, 5.74) is 2.16. The van der Waals surface area contributed by atoms with Crippen LogP contribution in [-0.2, 0) is 10.0 Å². The number of likely N-dealkylation sites (tertiary alicyclic amines) is 1. The third-order valence-corrected chi connectivity index (χ3v) is 6.01. The highest BCUT2D eigenvalue weighted by atomic mass is 32.2. The second-order valence-electron chi connectivity index (χ2n) is 6.25. The van der Waals surface area contributed by atoms with Crippen molar-refractivity contribution in [3.05, 3.63) is 41.3 Å². The van der Waals surface area contributed by atoms with E-state index in [2.05, 4.69) is 15.2 Å². The Bertz CT molecular complexity index is 903. The van der Waals surface area contributed by atoms with Crippen LogP contribution in [0, 0.1) is 13.8 Å². The van der Waals surface area contributed by atoms with E-state index in [4.69, 9.17) is 4.52 Å². The molecule has 2 aromatic rings. The third-order valence-electron chi connectivity index (χ3n) is 4.60. The molecule has 1 unspecified atom stereocenters. The van der Waals surface area contributed by atoms with Crippen LogP contribution in [0.1, 0.15) is 35.9 Å². The van der Waals surface area contributed by atoms with Crippen molar-refractivity contribution in [2.75, 3.05) is 18.9 Å². The SMILES string of the molecule is CNS(=O)(=O)c1cccc(NC(=O)N2CCCC2c2c(C)noc2C)c1. The highest BCUT2D eigenvalue weighted by molar-refractivity contribution is 7.89. The third kappa shape index (κ3) is 3.45. The molecule has 1 aromatic carbocycles. The largest absolute Gasteiger partial charge is 0.361 e. The molecule has 8 nitrogen and oxygen atoms in total. The minimum atomic E-state index is -3.57. The number of sulfonamides is 1. The fourth-order valence-corrected chi connectivity index (χ4v) is 4.11. The Balaban J connectivity index is 1.81. The second-order valence-corrected chi connectivity index (χ2v) is 8.14. The number of anilines is 1. The first-order valence-corrected chi connectivity index (χ1v) is 9.86. The maximum Gasteiger partial charge on any atom is 0.322 e. The van der Waals surface area contributed by atoms with Crippen molar-refractivity contribution >= 4 is 21.7 Å².